The number of nitrogens with zero attached hydrogens (tertiary/aromatic N) is 3. The Hall–Kier alpha value is -3.61. The van der Waals surface area contributed by atoms with Crippen molar-refractivity contribution in [2.24, 2.45) is 5.41 Å². The van der Waals surface area contributed by atoms with Crippen LogP contribution in [0.15, 0.2) is 60.8 Å². The van der Waals surface area contributed by atoms with E-state index in [1.807, 2.05) is 53.3 Å². The Labute approximate surface area is 193 Å². The van der Waals surface area contributed by atoms with Crippen molar-refractivity contribution in [3.8, 4) is 5.69 Å². The number of nitrogens with one attached hydrogen (secondary N) is 2. The van der Waals surface area contributed by atoms with E-state index in [2.05, 4.69) is 41.7 Å². The van der Waals surface area contributed by atoms with Crippen LogP contribution < -0.4 is 15.5 Å². The number of urea groups is 1. The molecule has 7 heteroatoms. The van der Waals surface area contributed by atoms with Crippen LogP contribution in [0.4, 0.5) is 10.5 Å². The molecular weight excluding hydrogens is 414 g/mol. The predicted octanol–water partition coefficient (Wildman–Crippen LogP) is 3.77. The summed E-state index contributed by atoms with van der Waals surface area (Å²) in [5.74, 6) is -0.0113. The van der Waals surface area contributed by atoms with Gasteiger partial charge in [0.1, 0.15) is 0 Å². The summed E-state index contributed by atoms with van der Waals surface area (Å²) in [4.78, 5) is 26.5. The minimum Gasteiger partial charge on any atom is -0.349 e. The molecule has 0 spiro atoms. The Bertz CT molecular complexity index is 1170. The molecule has 5 rings (SSSR count). The molecule has 1 aliphatic carbocycles. The van der Waals surface area contributed by atoms with E-state index < -0.39 is 0 Å². The second-order valence-corrected chi connectivity index (χ2v) is 9.69. The van der Waals surface area contributed by atoms with Crippen LogP contribution in [0.1, 0.15) is 43.1 Å². The third-order valence-corrected chi connectivity index (χ3v) is 6.48. The lowest BCUT2D eigenvalue weighted by atomic mass is 9.74. The molecule has 2 heterocycles. The Kier molecular flexibility index (Phi) is 5.40. The van der Waals surface area contributed by atoms with E-state index in [1.165, 1.54) is 0 Å². The van der Waals surface area contributed by atoms with Gasteiger partial charge < -0.3 is 10.6 Å². The SMILES string of the molecule is CC1(C)Cc2c(cnn2-c2ccccc2)C(NC(=O)Cc2ccc(N3CCNC3=O)cc2)C1. The third-order valence-electron chi connectivity index (χ3n) is 6.48. The number of fused-ring (bicyclic) bond motifs is 1. The maximum atomic E-state index is 13.0. The standard InChI is InChI=1S/C26H29N5O2/c1-26(2)15-22(21-17-28-31(23(21)16-26)20-6-4-3-5-7-20)29-24(32)14-18-8-10-19(11-9-18)30-13-12-27-25(30)33/h3-11,17,22H,12-16H2,1-2H3,(H,27,33)(H,29,32). The predicted molar refractivity (Wildman–Crippen MR) is 127 cm³/mol. The van der Waals surface area contributed by atoms with Gasteiger partial charge >= 0.3 is 6.03 Å². The van der Waals surface area contributed by atoms with Gasteiger partial charge in [0, 0.05) is 24.3 Å². The van der Waals surface area contributed by atoms with Gasteiger partial charge in [0.25, 0.3) is 0 Å². The minimum absolute atomic E-state index is 0.0113. The van der Waals surface area contributed by atoms with Crippen LogP contribution in [0.5, 0.6) is 0 Å². The van der Waals surface area contributed by atoms with Crippen LogP contribution in [0.2, 0.25) is 0 Å². The average molecular weight is 444 g/mol. The maximum absolute atomic E-state index is 13.0. The highest BCUT2D eigenvalue weighted by molar-refractivity contribution is 5.94. The summed E-state index contributed by atoms with van der Waals surface area (Å²) in [6, 6.07) is 17.6. The fourth-order valence-corrected chi connectivity index (χ4v) is 4.91. The second-order valence-electron chi connectivity index (χ2n) is 9.69. The van der Waals surface area contributed by atoms with Gasteiger partial charge in [-0.2, -0.15) is 5.10 Å². The van der Waals surface area contributed by atoms with E-state index >= 15 is 0 Å². The number of benzene rings is 2. The Balaban J connectivity index is 1.31. The number of amides is 3. The fourth-order valence-electron chi connectivity index (χ4n) is 4.91. The Morgan fingerprint density at radius 3 is 2.58 bits per heavy atom. The summed E-state index contributed by atoms with van der Waals surface area (Å²) in [5.41, 5.74) is 5.12. The van der Waals surface area contributed by atoms with Crippen LogP contribution in [-0.2, 0) is 17.6 Å². The smallest absolute Gasteiger partial charge is 0.321 e. The number of hydrogen-bond donors (Lipinski definition) is 2. The molecule has 170 valence electrons. The molecule has 3 aromatic rings. The van der Waals surface area contributed by atoms with Crippen molar-refractivity contribution in [3.63, 3.8) is 0 Å². The van der Waals surface area contributed by atoms with E-state index in [0.29, 0.717) is 19.5 Å². The first-order valence-corrected chi connectivity index (χ1v) is 11.5. The van der Waals surface area contributed by atoms with Gasteiger partial charge in [-0.1, -0.05) is 44.2 Å². The molecule has 2 aliphatic rings. The van der Waals surface area contributed by atoms with E-state index in [4.69, 9.17) is 0 Å². The zero-order chi connectivity index (χ0) is 23.0. The zero-order valence-electron chi connectivity index (χ0n) is 19.0. The number of carbonyl (C=O) groups excluding carboxylic acids is 2. The lowest BCUT2D eigenvalue weighted by Crippen LogP contribution is -2.37. The quantitative estimate of drug-likeness (QED) is 0.630. The first-order chi connectivity index (χ1) is 15.9. The van der Waals surface area contributed by atoms with E-state index in [0.717, 1.165) is 41.0 Å². The molecule has 1 fully saturated rings. The van der Waals surface area contributed by atoms with Gasteiger partial charge in [-0.25, -0.2) is 9.48 Å². The van der Waals surface area contributed by atoms with Crippen molar-refractivity contribution in [2.75, 3.05) is 18.0 Å². The van der Waals surface area contributed by atoms with Crippen molar-refractivity contribution in [2.45, 2.75) is 39.2 Å². The van der Waals surface area contributed by atoms with Gasteiger partial charge in [0.05, 0.1) is 30.0 Å². The zero-order valence-corrected chi connectivity index (χ0v) is 19.0. The highest BCUT2D eigenvalue weighted by Gasteiger charge is 2.36. The van der Waals surface area contributed by atoms with Crippen molar-refractivity contribution >= 4 is 17.6 Å². The normalized spacial score (nSPS) is 19.2. The number of rotatable bonds is 5. The largest absolute Gasteiger partial charge is 0.349 e. The molecule has 3 amide bonds. The van der Waals surface area contributed by atoms with Crippen molar-refractivity contribution in [3.05, 3.63) is 77.6 Å². The summed E-state index contributed by atoms with van der Waals surface area (Å²) in [6.07, 6.45) is 3.98. The minimum atomic E-state index is -0.0766. The van der Waals surface area contributed by atoms with Crippen molar-refractivity contribution in [1.82, 2.24) is 20.4 Å². The van der Waals surface area contributed by atoms with E-state index in [9.17, 15) is 9.59 Å². The molecule has 7 nitrogen and oxygen atoms in total. The summed E-state index contributed by atoms with van der Waals surface area (Å²) in [6.45, 7) is 5.80. The van der Waals surface area contributed by atoms with Crippen LogP contribution in [0.25, 0.3) is 5.69 Å². The molecule has 1 unspecified atom stereocenters. The maximum Gasteiger partial charge on any atom is 0.321 e. The van der Waals surface area contributed by atoms with Crippen LogP contribution in [-0.4, -0.2) is 34.8 Å². The molecule has 33 heavy (non-hydrogen) atoms. The molecular formula is C26H29N5O2. The van der Waals surface area contributed by atoms with Gasteiger partial charge in [0.2, 0.25) is 5.91 Å². The average Bonchev–Trinajstić information content (AvgIpc) is 3.40. The van der Waals surface area contributed by atoms with Crippen molar-refractivity contribution < 1.29 is 9.59 Å². The Morgan fingerprint density at radius 2 is 1.88 bits per heavy atom. The number of hydrogen-bond acceptors (Lipinski definition) is 3. The summed E-state index contributed by atoms with van der Waals surface area (Å²) in [5, 5.41) is 10.7. The Morgan fingerprint density at radius 1 is 1.12 bits per heavy atom. The topological polar surface area (TPSA) is 79.3 Å². The highest BCUT2D eigenvalue weighted by Crippen LogP contribution is 2.41. The van der Waals surface area contributed by atoms with Gasteiger partial charge in [-0.05, 0) is 48.1 Å². The molecule has 1 saturated heterocycles. The van der Waals surface area contributed by atoms with Crippen LogP contribution in [0, 0.1) is 5.41 Å². The number of anilines is 1. The first-order valence-electron chi connectivity index (χ1n) is 11.5. The first kappa shape index (κ1) is 21.2. The number of aromatic nitrogens is 2. The number of carbonyl (C=O) groups is 2. The highest BCUT2D eigenvalue weighted by atomic mass is 16.2. The molecule has 2 aromatic carbocycles. The van der Waals surface area contributed by atoms with Crippen LogP contribution >= 0.6 is 0 Å². The summed E-state index contributed by atoms with van der Waals surface area (Å²) in [7, 11) is 0. The molecule has 2 N–H and O–H groups in total. The second kappa shape index (κ2) is 8.39. The molecule has 0 radical (unpaired) electrons. The fraction of sp³-hybridized carbons (Fsp3) is 0.346. The van der Waals surface area contributed by atoms with E-state index in [1.54, 1.807) is 4.90 Å². The lowest BCUT2D eigenvalue weighted by molar-refractivity contribution is -0.121. The summed E-state index contributed by atoms with van der Waals surface area (Å²) < 4.78 is 2.00. The third kappa shape index (κ3) is 4.35. The molecule has 1 atom stereocenters. The molecule has 0 saturated carbocycles. The molecule has 1 aromatic heterocycles. The van der Waals surface area contributed by atoms with Gasteiger partial charge in [-0.3, -0.25) is 9.69 Å². The van der Waals surface area contributed by atoms with Crippen molar-refractivity contribution in [1.29, 1.82) is 0 Å². The van der Waals surface area contributed by atoms with Gasteiger partial charge in [0.15, 0.2) is 0 Å². The lowest BCUT2D eigenvalue weighted by Gasteiger charge is -2.36. The number of para-hydroxylation sites is 1. The summed E-state index contributed by atoms with van der Waals surface area (Å²) >= 11 is 0. The van der Waals surface area contributed by atoms with Crippen LogP contribution in [0.3, 0.4) is 0 Å². The van der Waals surface area contributed by atoms with Gasteiger partial charge in [-0.15, -0.1) is 0 Å². The molecule has 1 aliphatic heterocycles. The van der Waals surface area contributed by atoms with E-state index in [-0.39, 0.29) is 23.4 Å². The molecule has 0 bridgehead atoms. The monoisotopic (exact) mass is 443 g/mol.